The van der Waals surface area contributed by atoms with Crippen molar-refractivity contribution in [1.82, 2.24) is 20.1 Å². The van der Waals surface area contributed by atoms with Gasteiger partial charge in [-0.1, -0.05) is 0 Å². The van der Waals surface area contributed by atoms with Gasteiger partial charge in [0.2, 0.25) is 0 Å². The smallest absolute Gasteiger partial charge is 0.165 e. The summed E-state index contributed by atoms with van der Waals surface area (Å²) in [5.41, 5.74) is 1.09. The van der Waals surface area contributed by atoms with Crippen molar-refractivity contribution in [2.75, 3.05) is 0 Å². The van der Waals surface area contributed by atoms with E-state index in [1.807, 2.05) is 25.5 Å². The molecule has 2 heterocycles. The van der Waals surface area contributed by atoms with E-state index < -0.39 is 0 Å². The first kappa shape index (κ1) is 13.5. The molecule has 0 saturated heterocycles. The number of pyridine rings is 1. The fraction of sp³-hybridized carbons (Fsp3) is 0.429. The molecule has 0 radical (unpaired) electrons. The Morgan fingerprint density at radius 3 is 2.74 bits per heavy atom. The lowest BCUT2D eigenvalue weighted by Gasteiger charge is -2.21. The van der Waals surface area contributed by atoms with Gasteiger partial charge in [0, 0.05) is 37.1 Å². The predicted octanol–water partition coefficient (Wildman–Crippen LogP) is 2.50. The zero-order valence-corrected chi connectivity index (χ0v) is 11.8. The predicted molar refractivity (Wildman–Crippen MR) is 74.1 cm³/mol. The molecule has 0 saturated carbocycles. The second-order valence-electron chi connectivity index (χ2n) is 5.54. The first-order valence-corrected chi connectivity index (χ1v) is 6.28. The molecular weight excluding hydrogens is 240 g/mol. The molecular formula is C14H20N4O. The van der Waals surface area contributed by atoms with E-state index in [-0.39, 0.29) is 5.54 Å². The van der Waals surface area contributed by atoms with Gasteiger partial charge in [-0.05, 0) is 26.8 Å². The second kappa shape index (κ2) is 5.40. The molecule has 0 spiro atoms. The van der Waals surface area contributed by atoms with E-state index >= 15 is 0 Å². The van der Waals surface area contributed by atoms with Crippen molar-refractivity contribution in [3.05, 3.63) is 36.4 Å². The third kappa shape index (κ3) is 4.06. The summed E-state index contributed by atoms with van der Waals surface area (Å²) >= 11 is 0. The summed E-state index contributed by atoms with van der Waals surface area (Å²) < 4.78 is 7.54. The number of ether oxygens (including phenoxy) is 1. The summed E-state index contributed by atoms with van der Waals surface area (Å²) in [7, 11) is 1.86. The zero-order valence-electron chi connectivity index (χ0n) is 11.8. The van der Waals surface area contributed by atoms with Crippen molar-refractivity contribution >= 4 is 0 Å². The van der Waals surface area contributed by atoms with Crippen LogP contribution in [0.2, 0.25) is 0 Å². The molecule has 0 aliphatic carbocycles. The fourth-order valence-electron chi connectivity index (χ4n) is 1.59. The van der Waals surface area contributed by atoms with Crippen LogP contribution in [0.3, 0.4) is 0 Å². The monoisotopic (exact) mass is 260 g/mol. The van der Waals surface area contributed by atoms with E-state index in [1.54, 1.807) is 17.1 Å². The van der Waals surface area contributed by atoms with Crippen LogP contribution in [0, 0.1) is 0 Å². The Kier molecular flexibility index (Phi) is 3.85. The quantitative estimate of drug-likeness (QED) is 0.917. The molecule has 1 N–H and O–H groups in total. The summed E-state index contributed by atoms with van der Waals surface area (Å²) in [5.74, 6) is 1.53. The Hall–Kier alpha value is -1.88. The number of hydrogen-bond acceptors (Lipinski definition) is 4. The van der Waals surface area contributed by atoms with Gasteiger partial charge >= 0.3 is 0 Å². The maximum atomic E-state index is 5.83. The minimum absolute atomic E-state index is 0.0570. The standard InChI is InChI=1S/C14H20N4O/c1-14(2,3)16-8-11-7-15-6-5-13(11)19-12-9-17-18(4)10-12/h5-7,9-10,16H,8H2,1-4H3. The maximum absolute atomic E-state index is 5.83. The Labute approximate surface area is 113 Å². The summed E-state index contributed by atoms with van der Waals surface area (Å²) in [6.45, 7) is 7.11. The average molecular weight is 260 g/mol. The highest BCUT2D eigenvalue weighted by molar-refractivity contribution is 5.34. The topological polar surface area (TPSA) is 52.0 Å². The van der Waals surface area contributed by atoms with Crippen LogP contribution in [-0.4, -0.2) is 20.3 Å². The van der Waals surface area contributed by atoms with Gasteiger partial charge < -0.3 is 10.1 Å². The van der Waals surface area contributed by atoms with Crippen LogP contribution in [0.15, 0.2) is 30.9 Å². The first-order chi connectivity index (χ1) is 8.94. The largest absolute Gasteiger partial charge is 0.454 e. The van der Waals surface area contributed by atoms with Gasteiger partial charge in [-0.15, -0.1) is 0 Å². The fourth-order valence-corrected chi connectivity index (χ4v) is 1.59. The Balaban J connectivity index is 2.12. The van der Waals surface area contributed by atoms with E-state index in [0.717, 1.165) is 17.1 Å². The zero-order chi connectivity index (χ0) is 13.9. The minimum atomic E-state index is 0.0570. The summed E-state index contributed by atoms with van der Waals surface area (Å²) in [4.78, 5) is 4.15. The lowest BCUT2D eigenvalue weighted by molar-refractivity contribution is 0.413. The molecule has 2 aromatic heterocycles. The van der Waals surface area contributed by atoms with Gasteiger partial charge in [0.15, 0.2) is 5.75 Å². The number of hydrogen-bond donors (Lipinski definition) is 1. The van der Waals surface area contributed by atoms with E-state index in [0.29, 0.717) is 6.54 Å². The molecule has 19 heavy (non-hydrogen) atoms. The van der Waals surface area contributed by atoms with Gasteiger partial charge in [0.1, 0.15) is 5.75 Å². The molecule has 0 amide bonds. The lowest BCUT2D eigenvalue weighted by Crippen LogP contribution is -2.35. The van der Waals surface area contributed by atoms with Crippen molar-refractivity contribution in [2.45, 2.75) is 32.9 Å². The van der Waals surface area contributed by atoms with E-state index in [4.69, 9.17) is 4.74 Å². The van der Waals surface area contributed by atoms with Crippen molar-refractivity contribution in [2.24, 2.45) is 7.05 Å². The van der Waals surface area contributed by atoms with Crippen LogP contribution in [0.4, 0.5) is 0 Å². The van der Waals surface area contributed by atoms with Gasteiger partial charge in [0.05, 0.1) is 12.4 Å². The minimum Gasteiger partial charge on any atom is -0.454 e. The highest BCUT2D eigenvalue weighted by Crippen LogP contribution is 2.24. The van der Waals surface area contributed by atoms with Crippen molar-refractivity contribution in [3.63, 3.8) is 0 Å². The maximum Gasteiger partial charge on any atom is 0.165 e. The third-order valence-electron chi connectivity index (χ3n) is 2.58. The first-order valence-electron chi connectivity index (χ1n) is 6.28. The van der Waals surface area contributed by atoms with Gasteiger partial charge in [-0.3, -0.25) is 9.67 Å². The summed E-state index contributed by atoms with van der Waals surface area (Å²) in [6.07, 6.45) is 7.08. The van der Waals surface area contributed by atoms with Gasteiger partial charge in [-0.2, -0.15) is 5.10 Å². The van der Waals surface area contributed by atoms with Crippen molar-refractivity contribution < 1.29 is 4.74 Å². The van der Waals surface area contributed by atoms with Gasteiger partial charge in [-0.25, -0.2) is 0 Å². The summed E-state index contributed by atoms with van der Waals surface area (Å²) in [6, 6.07) is 1.87. The molecule has 0 aliphatic heterocycles. The van der Waals surface area contributed by atoms with E-state index in [9.17, 15) is 0 Å². The van der Waals surface area contributed by atoms with E-state index in [1.165, 1.54) is 0 Å². The van der Waals surface area contributed by atoms with Crippen LogP contribution >= 0.6 is 0 Å². The molecule has 2 aromatic rings. The van der Waals surface area contributed by atoms with Crippen molar-refractivity contribution in [1.29, 1.82) is 0 Å². The number of nitrogens with one attached hydrogen (secondary N) is 1. The molecule has 0 aromatic carbocycles. The third-order valence-corrected chi connectivity index (χ3v) is 2.58. The number of aryl methyl sites for hydroxylation is 1. The number of rotatable bonds is 4. The highest BCUT2D eigenvalue weighted by Gasteiger charge is 2.11. The molecule has 0 unspecified atom stereocenters. The van der Waals surface area contributed by atoms with Gasteiger partial charge in [0.25, 0.3) is 0 Å². The Morgan fingerprint density at radius 1 is 1.32 bits per heavy atom. The van der Waals surface area contributed by atoms with Crippen LogP contribution in [-0.2, 0) is 13.6 Å². The second-order valence-corrected chi connectivity index (χ2v) is 5.54. The molecule has 5 nitrogen and oxygen atoms in total. The SMILES string of the molecule is Cn1cc(Oc2ccncc2CNC(C)(C)C)cn1. The molecule has 102 valence electrons. The molecule has 0 aliphatic rings. The van der Waals surface area contributed by atoms with Crippen LogP contribution in [0.25, 0.3) is 0 Å². The van der Waals surface area contributed by atoms with E-state index in [2.05, 4.69) is 36.2 Å². The van der Waals surface area contributed by atoms with Crippen molar-refractivity contribution in [3.8, 4) is 11.5 Å². The molecule has 2 rings (SSSR count). The van der Waals surface area contributed by atoms with Crippen LogP contribution in [0.1, 0.15) is 26.3 Å². The average Bonchev–Trinajstić information content (AvgIpc) is 2.73. The number of aromatic nitrogens is 3. The lowest BCUT2D eigenvalue weighted by atomic mass is 10.1. The Morgan fingerprint density at radius 2 is 2.11 bits per heavy atom. The van der Waals surface area contributed by atoms with Crippen LogP contribution < -0.4 is 10.1 Å². The number of nitrogens with zero attached hydrogens (tertiary/aromatic N) is 3. The normalized spacial score (nSPS) is 11.6. The Bertz CT molecular complexity index is 542. The molecule has 0 fully saturated rings. The molecule has 0 bridgehead atoms. The van der Waals surface area contributed by atoms with Crippen LogP contribution in [0.5, 0.6) is 11.5 Å². The molecule has 5 heteroatoms. The molecule has 0 atom stereocenters. The highest BCUT2D eigenvalue weighted by atomic mass is 16.5. The summed E-state index contributed by atoms with van der Waals surface area (Å²) in [5, 5.41) is 7.52.